The molecule has 0 spiro atoms. The molecule has 0 aromatic carbocycles. The summed E-state index contributed by atoms with van der Waals surface area (Å²) in [5, 5.41) is 14.9. The van der Waals surface area contributed by atoms with Crippen molar-refractivity contribution < 1.29 is 5.11 Å². The molecule has 15 heavy (non-hydrogen) atoms. The van der Waals surface area contributed by atoms with Crippen molar-refractivity contribution in [2.75, 3.05) is 0 Å². The minimum absolute atomic E-state index is 0.438. The standard InChI is InChI=1S/C10H10BrNOS2/c1-6-4-15-10(12-6)3-8(13)9-2-7(11)5-14-9/h2,4-5,8,13H,3H2,1H3. The minimum atomic E-state index is -0.438. The Bertz CT molecular complexity index is 452. The van der Waals surface area contributed by atoms with Gasteiger partial charge in [0.25, 0.3) is 0 Å². The van der Waals surface area contributed by atoms with Crippen molar-refractivity contribution in [1.29, 1.82) is 0 Å². The lowest BCUT2D eigenvalue weighted by Crippen LogP contribution is -1.98. The summed E-state index contributed by atoms with van der Waals surface area (Å²) < 4.78 is 1.02. The van der Waals surface area contributed by atoms with Crippen molar-refractivity contribution >= 4 is 38.6 Å². The Kier molecular flexibility index (Phi) is 3.56. The molecule has 0 amide bonds. The molecule has 0 aliphatic carbocycles. The van der Waals surface area contributed by atoms with Crippen LogP contribution in [0.5, 0.6) is 0 Å². The zero-order valence-electron chi connectivity index (χ0n) is 8.11. The third-order valence-corrected chi connectivity index (χ3v) is 4.73. The van der Waals surface area contributed by atoms with E-state index in [0.717, 1.165) is 20.1 Å². The first-order chi connectivity index (χ1) is 7.15. The molecule has 80 valence electrons. The summed E-state index contributed by atoms with van der Waals surface area (Å²) in [5.41, 5.74) is 1.02. The molecule has 1 atom stereocenters. The molecule has 2 rings (SSSR count). The lowest BCUT2D eigenvalue weighted by Gasteiger charge is -2.04. The molecule has 0 saturated carbocycles. The Balaban J connectivity index is 2.06. The predicted octanol–water partition coefficient (Wildman–Crippen LogP) is 3.55. The molecule has 2 nitrogen and oxygen atoms in total. The van der Waals surface area contributed by atoms with E-state index < -0.39 is 6.10 Å². The number of thiazole rings is 1. The van der Waals surface area contributed by atoms with Crippen LogP contribution in [0.15, 0.2) is 21.3 Å². The highest BCUT2D eigenvalue weighted by atomic mass is 79.9. The molecule has 2 aromatic rings. The molecule has 1 unspecified atom stereocenters. The summed E-state index contributed by atoms with van der Waals surface area (Å²) >= 11 is 6.54. The monoisotopic (exact) mass is 303 g/mol. The van der Waals surface area contributed by atoms with Gasteiger partial charge in [-0.15, -0.1) is 22.7 Å². The van der Waals surface area contributed by atoms with Crippen LogP contribution in [0, 0.1) is 6.92 Å². The third-order valence-electron chi connectivity index (χ3n) is 1.95. The van der Waals surface area contributed by atoms with Gasteiger partial charge in [0, 0.05) is 32.2 Å². The second-order valence-electron chi connectivity index (χ2n) is 3.27. The fourth-order valence-electron chi connectivity index (χ4n) is 1.27. The van der Waals surface area contributed by atoms with Crippen molar-refractivity contribution in [3.8, 4) is 0 Å². The Labute approximate surface area is 105 Å². The average Bonchev–Trinajstić information content (AvgIpc) is 2.75. The van der Waals surface area contributed by atoms with Crippen LogP contribution in [-0.4, -0.2) is 10.1 Å². The third kappa shape index (κ3) is 2.87. The predicted molar refractivity (Wildman–Crippen MR) is 67.5 cm³/mol. The molecule has 0 radical (unpaired) electrons. The van der Waals surface area contributed by atoms with Crippen LogP contribution >= 0.6 is 38.6 Å². The first-order valence-corrected chi connectivity index (χ1v) is 7.03. The van der Waals surface area contributed by atoms with Gasteiger partial charge in [0.05, 0.1) is 11.1 Å². The molecule has 0 fully saturated rings. The van der Waals surface area contributed by atoms with E-state index in [9.17, 15) is 5.11 Å². The van der Waals surface area contributed by atoms with E-state index in [1.807, 2.05) is 23.8 Å². The fourth-order valence-corrected chi connectivity index (χ4v) is 3.51. The first-order valence-electron chi connectivity index (χ1n) is 4.48. The number of aliphatic hydroxyl groups excluding tert-OH is 1. The van der Waals surface area contributed by atoms with Gasteiger partial charge in [0.2, 0.25) is 0 Å². The van der Waals surface area contributed by atoms with Crippen LogP contribution in [-0.2, 0) is 6.42 Å². The van der Waals surface area contributed by atoms with E-state index in [1.165, 1.54) is 0 Å². The maximum atomic E-state index is 9.95. The number of rotatable bonds is 3. The number of nitrogens with zero attached hydrogens (tertiary/aromatic N) is 1. The van der Waals surface area contributed by atoms with Crippen molar-refractivity contribution in [2.45, 2.75) is 19.4 Å². The number of halogens is 1. The number of aryl methyl sites for hydroxylation is 1. The van der Waals surface area contributed by atoms with Gasteiger partial charge >= 0.3 is 0 Å². The van der Waals surface area contributed by atoms with Crippen LogP contribution < -0.4 is 0 Å². The highest BCUT2D eigenvalue weighted by Crippen LogP contribution is 2.28. The van der Waals surface area contributed by atoms with Gasteiger partial charge in [-0.3, -0.25) is 0 Å². The van der Waals surface area contributed by atoms with Gasteiger partial charge in [-0.2, -0.15) is 0 Å². The Morgan fingerprint density at radius 2 is 2.27 bits per heavy atom. The lowest BCUT2D eigenvalue weighted by atomic mass is 10.2. The Morgan fingerprint density at radius 3 is 2.80 bits per heavy atom. The maximum Gasteiger partial charge on any atom is 0.0957 e. The van der Waals surface area contributed by atoms with Crippen molar-refractivity contribution in [1.82, 2.24) is 4.98 Å². The number of aromatic nitrogens is 1. The zero-order valence-corrected chi connectivity index (χ0v) is 11.3. The second-order valence-corrected chi connectivity index (χ2v) is 6.07. The molecule has 0 saturated heterocycles. The molecular formula is C10H10BrNOS2. The molecule has 2 aromatic heterocycles. The fraction of sp³-hybridized carbons (Fsp3) is 0.300. The van der Waals surface area contributed by atoms with Crippen molar-refractivity contribution in [2.24, 2.45) is 0 Å². The topological polar surface area (TPSA) is 33.1 Å². The average molecular weight is 304 g/mol. The number of aliphatic hydroxyl groups is 1. The minimum Gasteiger partial charge on any atom is -0.387 e. The summed E-state index contributed by atoms with van der Waals surface area (Å²) in [6.07, 6.45) is 0.165. The quantitative estimate of drug-likeness (QED) is 0.940. The van der Waals surface area contributed by atoms with Gasteiger partial charge in [-0.1, -0.05) is 0 Å². The summed E-state index contributed by atoms with van der Waals surface area (Å²) in [5.74, 6) is 0. The van der Waals surface area contributed by atoms with E-state index in [1.54, 1.807) is 22.7 Å². The molecule has 2 heterocycles. The van der Waals surface area contributed by atoms with Crippen LogP contribution in [0.25, 0.3) is 0 Å². The molecule has 5 heteroatoms. The van der Waals surface area contributed by atoms with Crippen molar-refractivity contribution in [3.05, 3.63) is 36.9 Å². The summed E-state index contributed by atoms with van der Waals surface area (Å²) in [6, 6.07) is 1.95. The van der Waals surface area contributed by atoms with E-state index in [-0.39, 0.29) is 0 Å². The van der Waals surface area contributed by atoms with Gasteiger partial charge in [-0.25, -0.2) is 4.98 Å². The molecule has 0 aliphatic heterocycles. The molecule has 1 N–H and O–H groups in total. The molecule has 0 bridgehead atoms. The van der Waals surface area contributed by atoms with E-state index >= 15 is 0 Å². The largest absolute Gasteiger partial charge is 0.387 e. The smallest absolute Gasteiger partial charge is 0.0957 e. The highest BCUT2D eigenvalue weighted by Gasteiger charge is 2.12. The van der Waals surface area contributed by atoms with Gasteiger partial charge in [-0.05, 0) is 28.9 Å². The van der Waals surface area contributed by atoms with Crippen LogP contribution in [0.1, 0.15) is 21.7 Å². The SMILES string of the molecule is Cc1csc(CC(O)c2cc(Br)cs2)n1. The van der Waals surface area contributed by atoms with E-state index in [4.69, 9.17) is 0 Å². The van der Waals surface area contributed by atoms with E-state index in [2.05, 4.69) is 20.9 Å². The zero-order chi connectivity index (χ0) is 10.8. The highest BCUT2D eigenvalue weighted by molar-refractivity contribution is 9.10. The van der Waals surface area contributed by atoms with Crippen LogP contribution in [0.4, 0.5) is 0 Å². The number of thiophene rings is 1. The summed E-state index contributed by atoms with van der Waals surface area (Å²) in [6.45, 7) is 1.97. The summed E-state index contributed by atoms with van der Waals surface area (Å²) in [7, 11) is 0. The van der Waals surface area contributed by atoms with Gasteiger partial charge in [0.15, 0.2) is 0 Å². The summed E-state index contributed by atoms with van der Waals surface area (Å²) in [4.78, 5) is 5.32. The van der Waals surface area contributed by atoms with E-state index in [0.29, 0.717) is 6.42 Å². The van der Waals surface area contributed by atoms with Crippen LogP contribution in [0.2, 0.25) is 0 Å². The molecule has 0 aliphatic rings. The maximum absolute atomic E-state index is 9.95. The van der Waals surface area contributed by atoms with Crippen molar-refractivity contribution in [3.63, 3.8) is 0 Å². The second kappa shape index (κ2) is 4.74. The first kappa shape index (κ1) is 11.3. The number of hydrogen-bond donors (Lipinski definition) is 1. The Hall–Kier alpha value is -0.230. The van der Waals surface area contributed by atoms with Gasteiger partial charge in [0.1, 0.15) is 0 Å². The van der Waals surface area contributed by atoms with Crippen LogP contribution in [0.3, 0.4) is 0 Å². The molecular weight excluding hydrogens is 294 g/mol. The number of hydrogen-bond acceptors (Lipinski definition) is 4. The lowest BCUT2D eigenvalue weighted by molar-refractivity contribution is 0.182. The normalized spacial score (nSPS) is 13.0. The van der Waals surface area contributed by atoms with Gasteiger partial charge < -0.3 is 5.11 Å². The Morgan fingerprint density at radius 1 is 1.47 bits per heavy atom.